The minimum absolute atomic E-state index is 0.167. The van der Waals surface area contributed by atoms with Gasteiger partial charge in [-0.2, -0.15) is 0 Å². The Morgan fingerprint density at radius 3 is 2.53 bits per heavy atom. The Morgan fingerprint density at radius 1 is 1.20 bits per heavy atom. The molecule has 2 amide bonds. The molecule has 1 N–H and O–H groups in total. The molecule has 1 unspecified atom stereocenters. The number of hydrogen-bond acceptors (Lipinski definition) is 5. The lowest BCUT2D eigenvalue weighted by Gasteiger charge is -2.53. The number of benzene rings is 1. The summed E-state index contributed by atoms with van der Waals surface area (Å²) in [5, 5.41) is 10.8. The summed E-state index contributed by atoms with van der Waals surface area (Å²) in [6, 6.07) is 8.16. The third-order valence-corrected chi connectivity index (χ3v) is 6.81. The molecule has 1 spiro atoms. The fourth-order valence-electron chi connectivity index (χ4n) is 4.74. The fourth-order valence-corrected chi connectivity index (χ4v) is 4.74. The van der Waals surface area contributed by atoms with Gasteiger partial charge in [-0.05, 0) is 55.2 Å². The van der Waals surface area contributed by atoms with Crippen molar-refractivity contribution in [2.75, 3.05) is 27.2 Å². The molecule has 1 aliphatic heterocycles. The average molecular weight is 412 g/mol. The predicted octanol–water partition coefficient (Wildman–Crippen LogP) is 2.22. The van der Waals surface area contributed by atoms with Gasteiger partial charge in [-0.15, -0.1) is 5.10 Å². The minimum atomic E-state index is -0.216. The van der Waals surface area contributed by atoms with Gasteiger partial charge in [-0.25, -0.2) is 4.68 Å². The van der Waals surface area contributed by atoms with Crippen LogP contribution in [0.4, 0.5) is 0 Å². The number of piperidine rings is 1. The normalized spacial score (nSPS) is 19.9. The van der Waals surface area contributed by atoms with Crippen LogP contribution < -0.4 is 10.1 Å². The summed E-state index contributed by atoms with van der Waals surface area (Å²) in [6.45, 7) is 1.57. The molecule has 1 aromatic carbocycles. The first-order chi connectivity index (χ1) is 14.5. The molecule has 1 atom stereocenters. The molecule has 30 heavy (non-hydrogen) atoms. The molecule has 1 aliphatic carbocycles. The van der Waals surface area contributed by atoms with Crippen molar-refractivity contribution in [3.8, 4) is 5.75 Å². The standard InChI is InChI=1S/C22H29N5O3/c1-23-21(29)18-15-27(25-24-18)19-9-10-22(19)11-13-26(14-12-22)20(28)8-5-16-3-6-17(30-2)7-4-16/h3-4,6-7,15,19H,5,8-14H2,1-2H3,(H,23,29). The molecule has 4 rings (SSSR count). The molecule has 2 aromatic rings. The SMILES string of the molecule is CNC(=O)c1cn(C2CCC23CCN(C(=O)CCc2ccc(OC)cc2)CC3)nn1. The van der Waals surface area contributed by atoms with E-state index < -0.39 is 0 Å². The molecule has 8 heteroatoms. The first kappa shape index (κ1) is 20.4. The molecule has 2 fully saturated rings. The van der Waals surface area contributed by atoms with Crippen LogP contribution in [0.25, 0.3) is 0 Å². The van der Waals surface area contributed by atoms with Gasteiger partial charge >= 0.3 is 0 Å². The maximum atomic E-state index is 12.7. The summed E-state index contributed by atoms with van der Waals surface area (Å²) in [5.74, 6) is 0.836. The van der Waals surface area contributed by atoms with Crippen LogP contribution in [-0.4, -0.2) is 59.0 Å². The smallest absolute Gasteiger partial charge is 0.273 e. The number of ether oxygens (including phenoxy) is 1. The summed E-state index contributed by atoms with van der Waals surface area (Å²) in [6.07, 6.45) is 7.15. The Labute approximate surface area is 176 Å². The van der Waals surface area contributed by atoms with Crippen LogP contribution in [0.2, 0.25) is 0 Å². The summed E-state index contributed by atoms with van der Waals surface area (Å²) in [4.78, 5) is 26.5. The number of amides is 2. The van der Waals surface area contributed by atoms with Gasteiger partial charge in [-0.1, -0.05) is 17.3 Å². The first-order valence-corrected chi connectivity index (χ1v) is 10.6. The number of nitrogens with one attached hydrogen (secondary N) is 1. The van der Waals surface area contributed by atoms with Crippen molar-refractivity contribution in [3.63, 3.8) is 0 Å². The van der Waals surface area contributed by atoms with Crippen molar-refractivity contribution in [3.05, 3.63) is 41.7 Å². The van der Waals surface area contributed by atoms with E-state index in [1.54, 1.807) is 20.4 Å². The average Bonchev–Trinajstić information content (AvgIpc) is 3.25. The lowest BCUT2D eigenvalue weighted by molar-refractivity contribution is -0.136. The largest absolute Gasteiger partial charge is 0.497 e. The van der Waals surface area contributed by atoms with Crippen LogP contribution in [-0.2, 0) is 11.2 Å². The van der Waals surface area contributed by atoms with E-state index in [9.17, 15) is 9.59 Å². The van der Waals surface area contributed by atoms with Crippen molar-refractivity contribution in [1.82, 2.24) is 25.2 Å². The van der Waals surface area contributed by atoms with E-state index in [0.717, 1.165) is 56.5 Å². The monoisotopic (exact) mass is 411 g/mol. The van der Waals surface area contributed by atoms with Gasteiger partial charge in [0.2, 0.25) is 5.91 Å². The Hall–Kier alpha value is -2.90. The van der Waals surface area contributed by atoms with Gasteiger partial charge in [-0.3, -0.25) is 9.59 Å². The topological polar surface area (TPSA) is 89.4 Å². The fraction of sp³-hybridized carbons (Fsp3) is 0.545. The number of hydrogen-bond donors (Lipinski definition) is 1. The third-order valence-electron chi connectivity index (χ3n) is 6.81. The van der Waals surface area contributed by atoms with Crippen molar-refractivity contribution in [2.24, 2.45) is 5.41 Å². The van der Waals surface area contributed by atoms with Crippen LogP contribution >= 0.6 is 0 Å². The van der Waals surface area contributed by atoms with Gasteiger partial charge in [0.25, 0.3) is 5.91 Å². The highest BCUT2D eigenvalue weighted by Gasteiger charge is 2.50. The Morgan fingerprint density at radius 2 is 1.93 bits per heavy atom. The number of aryl methyl sites for hydroxylation is 1. The molecule has 2 heterocycles. The van der Waals surface area contributed by atoms with Gasteiger partial charge in [0.1, 0.15) is 5.75 Å². The number of carbonyl (C=O) groups excluding carboxylic acids is 2. The zero-order valence-corrected chi connectivity index (χ0v) is 17.6. The molecule has 1 saturated heterocycles. The van der Waals surface area contributed by atoms with Gasteiger partial charge < -0.3 is 15.0 Å². The summed E-state index contributed by atoms with van der Waals surface area (Å²) < 4.78 is 7.04. The number of nitrogens with zero attached hydrogens (tertiary/aromatic N) is 4. The van der Waals surface area contributed by atoms with E-state index in [1.807, 2.05) is 33.8 Å². The minimum Gasteiger partial charge on any atom is -0.497 e. The summed E-state index contributed by atoms with van der Waals surface area (Å²) in [7, 11) is 3.24. The van der Waals surface area contributed by atoms with Crippen LogP contribution in [0.5, 0.6) is 5.75 Å². The van der Waals surface area contributed by atoms with E-state index in [-0.39, 0.29) is 23.3 Å². The molecule has 1 aromatic heterocycles. The zero-order valence-electron chi connectivity index (χ0n) is 17.6. The van der Waals surface area contributed by atoms with Crippen molar-refractivity contribution in [2.45, 2.75) is 44.6 Å². The van der Waals surface area contributed by atoms with Crippen molar-refractivity contribution in [1.29, 1.82) is 0 Å². The van der Waals surface area contributed by atoms with E-state index in [0.29, 0.717) is 12.1 Å². The highest BCUT2D eigenvalue weighted by atomic mass is 16.5. The maximum Gasteiger partial charge on any atom is 0.273 e. The summed E-state index contributed by atoms with van der Waals surface area (Å²) >= 11 is 0. The lowest BCUT2D eigenvalue weighted by atomic mass is 9.59. The van der Waals surface area contributed by atoms with Gasteiger partial charge in [0, 0.05) is 26.6 Å². The van der Waals surface area contributed by atoms with E-state index in [4.69, 9.17) is 4.74 Å². The van der Waals surface area contributed by atoms with Crippen LogP contribution in [0.3, 0.4) is 0 Å². The maximum absolute atomic E-state index is 12.7. The van der Waals surface area contributed by atoms with E-state index in [1.165, 1.54) is 0 Å². The van der Waals surface area contributed by atoms with Crippen LogP contribution in [0.1, 0.15) is 54.2 Å². The third kappa shape index (κ3) is 3.91. The number of methoxy groups -OCH3 is 1. The van der Waals surface area contributed by atoms with Crippen LogP contribution in [0.15, 0.2) is 30.5 Å². The molecule has 2 aliphatic rings. The quantitative estimate of drug-likeness (QED) is 0.787. The first-order valence-electron chi connectivity index (χ1n) is 10.6. The van der Waals surface area contributed by atoms with Crippen molar-refractivity contribution < 1.29 is 14.3 Å². The van der Waals surface area contributed by atoms with Gasteiger partial charge in [0.15, 0.2) is 5.69 Å². The van der Waals surface area contributed by atoms with Gasteiger partial charge in [0.05, 0.1) is 19.3 Å². The second-order valence-electron chi connectivity index (χ2n) is 8.31. The second-order valence-corrected chi connectivity index (χ2v) is 8.31. The lowest BCUT2D eigenvalue weighted by Crippen LogP contribution is -2.51. The summed E-state index contributed by atoms with van der Waals surface area (Å²) in [5.41, 5.74) is 1.67. The van der Waals surface area contributed by atoms with E-state index in [2.05, 4.69) is 15.6 Å². The molecular weight excluding hydrogens is 382 g/mol. The molecule has 0 radical (unpaired) electrons. The Kier molecular flexibility index (Phi) is 5.74. The van der Waals surface area contributed by atoms with Crippen LogP contribution in [0, 0.1) is 5.41 Å². The zero-order chi connectivity index (χ0) is 21.1. The Bertz CT molecular complexity index is 900. The number of carbonyl (C=O) groups is 2. The highest BCUT2D eigenvalue weighted by Crippen LogP contribution is 2.56. The highest BCUT2D eigenvalue weighted by molar-refractivity contribution is 5.91. The molecule has 160 valence electrons. The number of rotatable bonds is 6. The number of aromatic nitrogens is 3. The molecular formula is C22H29N5O3. The Balaban J connectivity index is 1.30. The molecule has 1 saturated carbocycles. The molecule has 8 nitrogen and oxygen atoms in total. The second kappa shape index (κ2) is 8.45. The molecule has 0 bridgehead atoms. The van der Waals surface area contributed by atoms with Crippen molar-refractivity contribution >= 4 is 11.8 Å². The van der Waals surface area contributed by atoms with E-state index >= 15 is 0 Å². The predicted molar refractivity (Wildman–Crippen MR) is 111 cm³/mol. The number of likely N-dealkylation sites (tertiary alicyclic amines) is 1.